The molecule has 1 amide bonds. The molecule has 0 fully saturated rings. The van der Waals surface area contributed by atoms with Crippen molar-refractivity contribution in [2.45, 2.75) is 58.9 Å². The summed E-state index contributed by atoms with van der Waals surface area (Å²) in [5.41, 5.74) is 1.86. The van der Waals surface area contributed by atoms with Gasteiger partial charge in [-0.1, -0.05) is 51.1 Å². The molecule has 1 heterocycles. The Morgan fingerprint density at radius 2 is 1.91 bits per heavy atom. The first-order chi connectivity index (χ1) is 10.8. The van der Waals surface area contributed by atoms with Crippen LogP contribution in [0, 0.1) is 6.92 Å². The van der Waals surface area contributed by atoms with Crippen LogP contribution in [0.5, 0.6) is 0 Å². The molecule has 0 aliphatic carbocycles. The number of oxazole rings is 1. The number of aryl methyl sites for hydroxylation is 2. The molecule has 124 valence electrons. The standard InChI is InChI=1S/C19H26N2O2/c1-13(15-9-7-6-8-10-15)20-17(22)12-11-16-14(2)21-18(23-16)19(3,4)5/h6-10,13H,11-12H2,1-5H3,(H,20,22). The topological polar surface area (TPSA) is 55.1 Å². The van der Waals surface area contributed by atoms with Crippen LogP contribution >= 0.6 is 0 Å². The molecule has 2 aromatic rings. The Morgan fingerprint density at radius 1 is 1.26 bits per heavy atom. The van der Waals surface area contributed by atoms with Gasteiger partial charge >= 0.3 is 0 Å². The third kappa shape index (κ3) is 4.68. The Kier molecular flexibility index (Phi) is 5.24. The normalized spacial score (nSPS) is 12.9. The molecule has 1 aromatic heterocycles. The molecule has 1 N–H and O–H groups in total. The highest BCUT2D eigenvalue weighted by Gasteiger charge is 2.22. The molecule has 1 unspecified atom stereocenters. The van der Waals surface area contributed by atoms with Crippen LogP contribution in [0.3, 0.4) is 0 Å². The van der Waals surface area contributed by atoms with Crippen molar-refractivity contribution in [1.29, 1.82) is 0 Å². The highest BCUT2D eigenvalue weighted by Crippen LogP contribution is 2.24. The maximum Gasteiger partial charge on any atom is 0.220 e. The fourth-order valence-electron chi connectivity index (χ4n) is 2.35. The summed E-state index contributed by atoms with van der Waals surface area (Å²) in [6.45, 7) is 10.1. The first kappa shape index (κ1) is 17.3. The lowest BCUT2D eigenvalue weighted by Crippen LogP contribution is -2.26. The van der Waals surface area contributed by atoms with Crippen LogP contribution in [0.25, 0.3) is 0 Å². The third-order valence-corrected chi connectivity index (χ3v) is 3.79. The summed E-state index contributed by atoms with van der Waals surface area (Å²) < 4.78 is 5.83. The maximum absolute atomic E-state index is 12.1. The SMILES string of the molecule is Cc1nc(C(C)(C)C)oc1CCC(=O)NC(C)c1ccccc1. The van der Waals surface area contributed by atoms with Gasteiger partial charge in [-0.2, -0.15) is 0 Å². The van der Waals surface area contributed by atoms with Crippen molar-refractivity contribution >= 4 is 5.91 Å². The van der Waals surface area contributed by atoms with Crippen molar-refractivity contribution in [3.05, 3.63) is 53.2 Å². The van der Waals surface area contributed by atoms with Crippen LogP contribution in [0.1, 0.15) is 63.1 Å². The summed E-state index contributed by atoms with van der Waals surface area (Å²) in [5.74, 6) is 1.55. The van der Waals surface area contributed by atoms with Crippen molar-refractivity contribution in [3.63, 3.8) is 0 Å². The second-order valence-electron chi connectivity index (χ2n) is 6.98. The fraction of sp³-hybridized carbons (Fsp3) is 0.474. The Bertz CT molecular complexity index is 654. The van der Waals surface area contributed by atoms with Crippen LogP contribution < -0.4 is 5.32 Å². The monoisotopic (exact) mass is 314 g/mol. The van der Waals surface area contributed by atoms with Gasteiger partial charge in [0.2, 0.25) is 5.91 Å². The molecule has 0 spiro atoms. The lowest BCUT2D eigenvalue weighted by Gasteiger charge is -2.14. The molecule has 0 bridgehead atoms. The first-order valence-electron chi connectivity index (χ1n) is 8.08. The summed E-state index contributed by atoms with van der Waals surface area (Å²) in [7, 11) is 0. The number of hydrogen-bond acceptors (Lipinski definition) is 3. The molecule has 4 nitrogen and oxygen atoms in total. The molecule has 1 atom stereocenters. The quantitative estimate of drug-likeness (QED) is 0.904. The van der Waals surface area contributed by atoms with Gasteiger partial charge in [-0.3, -0.25) is 4.79 Å². The lowest BCUT2D eigenvalue weighted by molar-refractivity contribution is -0.121. The van der Waals surface area contributed by atoms with Gasteiger partial charge in [-0.15, -0.1) is 0 Å². The molecule has 0 saturated heterocycles. The number of nitrogens with zero attached hydrogens (tertiary/aromatic N) is 1. The molecule has 0 saturated carbocycles. The minimum Gasteiger partial charge on any atom is -0.445 e. The molecule has 0 aliphatic heterocycles. The Balaban J connectivity index is 1.91. The number of hydrogen-bond donors (Lipinski definition) is 1. The molecule has 23 heavy (non-hydrogen) atoms. The second-order valence-corrected chi connectivity index (χ2v) is 6.98. The third-order valence-electron chi connectivity index (χ3n) is 3.79. The van der Waals surface area contributed by atoms with E-state index in [9.17, 15) is 4.79 Å². The average Bonchev–Trinajstić information content (AvgIpc) is 2.87. The van der Waals surface area contributed by atoms with Crippen molar-refractivity contribution in [2.24, 2.45) is 0 Å². The van der Waals surface area contributed by atoms with Crippen molar-refractivity contribution in [2.75, 3.05) is 0 Å². The van der Waals surface area contributed by atoms with Gasteiger partial charge in [-0.05, 0) is 19.4 Å². The van der Waals surface area contributed by atoms with E-state index in [2.05, 4.69) is 31.1 Å². The van der Waals surface area contributed by atoms with E-state index in [1.807, 2.05) is 44.2 Å². The smallest absolute Gasteiger partial charge is 0.220 e. The Morgan fingerprint density at radius 3 is 2.48 bits per heavy atom. The zero-order valence-corrected chi connectivity index (χ0v) is 14.6. The lowest BCUT2D eigenvalue weighted by atomic mass is 9.97. The molecular weight excluding hydrogens is 288 g/mol. The fourth-order valence-corrected chi connectivity index (χ4v) is 2.35. The Labute approximate surface area is 138 Å². The number of rotatable bonds is 5. The first-order valence-corrected chi connectivity index (χ1v) is 8.08. The summed E-state index contributed by atoms with van der Waals surface area (Å²) in [6, 6.07) is 9.96. The van der Waals surface area contributed by atoms with E-state index in [1.54, 1.807) is 0 Å². The molecule has 2 rings (SSSR count). The summed E-state index contributed by atoms with van der Waals surface area (Å²) >= 11 is 0. The van der Waals surface area contributed by atoms with E-state index in [-0.39, 0.29) is 17.4 Å². The zero-order chi connectivity index (χ0) is 17.0. The summed E-state index contributed by atoms with van der Waals surface area (Å²) in [6.07, 6.45) is 0.971. The van der Waals surface area contributed by atoms with E-state index in [0.717, 1.165) is 22.9 Å². The minimum atomic E-state index is -0.118. The molecule has 4 heteroatoms. The van der Waals surface area contributed by atoms with Gasteiger partial charge in [0.25, 0.3) is 0 Å². The molecular formula is C19H26N2O2. The number of aromatic nitrogens is 1. The second kappa shape index (κ2) is 6.99. The van der Waals surface area contributed by atoms with Crippen LogP contribution in [-0.4, -0.2) is 10.9 Å². The summed E-state index contributed by atoms with van der Waals surface area (Å²) in [4.78, 5) is 16.6. The van der Waals surface area contributed by atoms with Crippen LogP contribution in [0.2, 0.25) is 0 Å². The molecule has 0 aliphatic rings. The van der Waals surface area contributed by atoms with Gasteiger partial charge in [0, 0.05) is 18.3 Å². The summed E-state index contributed by atoms with van der Waals surface area (Å²) in [5, 5.41) is 3.02. The molecule has 1 aromatic carbocycles. The zero-order valence-electron chi connectivity index (χ0n) is 14.6. The van der Waals surface area contributed by atoms with Gasteiger partial charge in [0.05, 0.1) is 11.7 Å². The van der Waals surface area contributed by atoms with Gasteiger partial charge in [0.15, 0.2) is 5.89 Å². The van der Waals surface area contributed by atoms with Crippen molar-refractivity contribution < 1.29 is 9.21 Å². The van der Waals surface area contributed by atoms with Gasteiger partial charge in [-0.25, -0.2) is 4.98 Å². The number of carbonyl (C=O) groups is 1. The van der Waals surface area contributed by atoms with E-state index < -0.39 is 0 Å². The van der Waals surface area contributed by atoms with E-state index in [4.69, 9.17) is 4.42 Å². The largest absolute Gasteiger partial charge is 0.445 e. The highest BCUT2D eigenvalue weighted by molar-refractivity contribution is 5.76. The van der Waals surface area contributed by atoms with Gasteiger partial charge < -0.3 is 9.73 Å². The van der Waals surface area contributed by atoms with Crippen LogP contribution in [0.15, 0.2) is 34.7 Å². The van der Waals surface area contributed by atoms with Crippen LogP contribution in [-0.2, 0) is 16.6 Å². The van der Waals surface area contributed by atoms with Crippen molar-refractivity contribution in [1.82, 2.24) is 10.3 Å². The van der Waals surface area contributed by atoms with Crippen molar-refractivity contribution in [3.8, 4) is 0 Å². The van der Waals surface area contributed by atoms with E-state index in [1.165, 1.54) is 0 Å². The number of amides is 1. The van der Waals surface area contributed by atoms with E-state index in [0.29, 0.717) is 12.8 Å². The number of benzene rings is 1. The molecule has 0 radical (unpaired) electrons. The predicted molar refractivity (Wildman–Crippen MR) is 91.3 cm³/mol. The average molecular weight is 314 g/mol. The number of nitrogens with one attached hydrogen (secondary N) is 1. The van der Waals surface area contributed by atoms with Crippen LogP contribution in [0.4, 0.5) is 0 Å². The predicted octanol–water partition coefficient (Wildman–Crippen LogP) is 4.09. The van der Waals surface area contributed by atoms with Gasteiger partial charge in [0.1, 0.15) is 5.76 Å². The minimum absolute atomic E-state index is 0.00431. The Hall–Kier alpha value is -2.10. The highest BCUT2D eigenvalue weighted by atomic mass is 16.4. The number of carbonyl (C=O) groups excluding carboxylic acids is 1. The maximum atomic E-state index is 12.1. The van der Waals surface area contributed by atoms with E-state index >= 15 is 0 Å².